The molecule has 4 aliphatic carbocycles. The monoisotopic (exact) mass is 402 g/mol. The molecule has 4 aliphatic rings. The molecule has 7 heteroatoms. The van der Waals surface area contributed by atoms with Crippen LogP contribution in [0.5, 0.6) is 0 Å². The van der Waals surface area contributed by atoms with Gasteiger partial charge in [0.1, 0.15) is 6.04 Å². The van der Waals surface area contributed by atoms with Crippen molar-refractivity contribution in [3.63, 3.8) is 0 Å². The quantitative estimate of drug-likeness (QED) is 0.589. The van der Waals surface area contributed by atoms with Gasteiger partial charge in [-0.2, -0.15) is 11.8 Å². The molecule has 0 radical (unpaired) electrons. The van der Waals surface area contributed by atoms with Gasteiger partial charge in [0.15, 0.2) is 0 Å². The second kappa shape index (κ2) is 8.39. The molecule has 4 fully saturated rings. The van der Waals surface area contributed by atoms with Crippen molar-refractivity contribution < 1.29 is 13.2 Å². The summed E-state index contributed by atoms with van der Waals surface area (Å²) in [4.78, 5) is 12.6. The second-order valence-electron chi connectivity index (χ2n) is 8.81. The Labute approximate surface area is 162 Å². The van der Waals surface area contributed by atoms with Crippen molar-refractivity contribution in [2.75, 3.05) is 24.3 Å². The molecule has 150 valence electrons. The molecule has 0 aromatic carbocycles. The first kappa shape index (κ1) is 20.5. The molecule has 0 saturated heterocycles. The predicted molar refractivity (Wildman–Crippen MR) is 108 cm³/mol. The largest absolute Gasteiger partial charge is 0.355 e. The van der Waals surface area contributed by atoms with Crippen LogP contribution in [-0.2, 0) is 14.8 Å². The molecule has 5 nitrogen and oxygen atoms in total. The summed E-state index contributed by atoms with van der Waals surface area (Å²) in [6.45, 7) is 2.27. The van der Waals surface area contributed by atoms with Gasteiger partial charge in [-0.05, 0) is 93.5 Å². The van der Waals surface area contributed by atoms with Crippen LogP contribution < -0.4 is 10.0 Å². The number of carbonyl (C=O) groups excluding carboxylic acids is 1. The lowest BCUT2D eigenvalue weighted by Crippen LogP contribution is -2.50. The predicted octanol–water partition coefficient (Wildman–Crippen LogP) is 2.77. The van der Waals surface area contributed by atoms with E-state index in [9.17, 15) is 13.2 Å². The fourth-order valence-corrected chi connectivity index (χ4v) is 7.25. The molecular weight excluding hydrogens is 368 g/mol. The van der Waals surface area contributed by atoms with Crippen molar-refractivity contribution in [1.29, 1.82) is 0 Å². The molecule has 2 N–H and O–H groups in total. The fourth-order valence-electron chi connectivity index (χ4n) is 5.95. The zero-order chi connectivity index (χ0) is 18.8. The Hall–Kier alpha value is -0.270. The maximum Gasteiger partial charge on any atom is 0.238 e. The van der Waals surface area contributed by atoms with E-state index in [-0.39, 0.29) is 11.7 Å². The summed E-state index contributed by atoms with van der Waals surface area (Å²) >= 11 is 1.63. The molecule has 4 saturated carbocycles. The van der Waals surface area contributed by atoms with Gasteiger partial charge in [0, 0.05) is 6.54 Å². The zero-order valence-corrected chi connectivity index (χ0v) is 17.8. The summed E-state index contributed by atoms with van der Waals surface area (Å²) < 4.78 is 26.3. The number of nitrogens with one attached hydrogen (secondary N) is 2. The van der Waals surface area contributed by atoms with Crippen LogP contribution in [0.1, 0.15) is 58.3 Å². The first-order valence-electron chi connectivity index (χ1n) is 10.1. The summed E-state index contributed by atoms with van der Waals surface area (Å²) in [6, 6.07) is -0.649. The lowest BCUT2D eigenvalue weighted by Gasteiger charge is -2.57. The lowest BCUT2D eigenvalue weighted by molar-refractivity contribution is -0.123. The highest BCUT2D eigenvalue weighted by Gasteiger charge is 2.50. The van der Waals surface area contributed by atoms with Gasteiger partial charge in [-0.1, -0.05) is 0 Å². The van der Waals surface area contributed by atoms with Gasteiger partial charge in [0.25, 0.3) is 0 Å². The highest BCUT2D eigenvalue weighted by molar-refractivity contribution is 7.98. The first-order chi connectivity index (χ1) is 12.3. The third-order valence-electron chi connectivity index (χ3n) is 6.75. The van der Waals surface area contributed by atoms with E-state index in [1.165, 1.54) is 38.5 Å². The topological polar surface area (TPSA) is 75.3 Å². The molecule has 26 heavy (non-hydrogen) atoms. The van der Waals surface area contributed by atoms with Crippen molar-refractivity contribution in [2.45, 2.75) is 64.3 Å². The molecule has 0 aliphatic heterocycles. The maximum atomic E-state index is 12.6. The normalized spacial score (nSPS) is 34.0. The van der Waals surface area contributed by atoms with Crippen molar-refractivity contribution in [3.8, 4) is 0 Å². The summed E-state index contributed by atoms with van der Waals surface area (Å²) in [6.07, 6.45) is 11.9. The van der Waals surface area contributed by atoms with Crippen LogP contribution in [0.4, 0.5) is 0 Å². The van der Waals surface area contributed by atoms with Crippen LogP contribution >= 0.6 is 11.8 Å². The van der Waals surface area contributed by atoms with E-state index in [1.807, 2.05) is 6.26 Å². The number of sulfonamides is 1. The van der Waals surface area contributed by atoms with E-state index in [2.05, 4.69) is 10.0 Å². The molecule has 0 heterocycles. The van der Waals surface area contributed by atoms with Crippen molar-refractivity contribution in [3.05, 3.63) is 0 Å². The minimum Gasteiger partial charge on any atom is -0.355 e. The zero-order valence-electron chi connectivity index (χ0n) is 16.1. The Kier molecular flexibility index (Phi) is 6.61. The minimum atomic E-state index is -3.38. The fraction of sp³-hybridized carbons (Fsp3) is 0.947. The van der Waals surface area contributed by atoms with Gasteiger partial charge in [-0.15, -0.1) is 0 Å². The summed E-state index contributed by atoms with van der Waals surface area (Å²) in [5.74, 6) is 3.36. The number of carbonyl (C=O) groups is 1. The first-order valence-corrected chi connectivity index (χ1v) is 13.2. The van der Waals surface area contributed by atoms with E-state index in [1.54, 1.807) is 18.7 Å². The SMILES string of the molecule is CCS(=O)(=O)NC(CCSC)C(=O)NCCC12CC3CC(CC(C3)C1)C2. The number of thioether (sulfide) groups is 1. The van der Waals surface area contributed by atoms with E-state index in [0.717, 1.165) is 29.9 Å². The Balaban J connectivity index is 1.51. The van der Waals surface area contributed by atoms with Crippen molar-refractivity contribution in [1.82, 2.24) is 10.0 Å². The molecule has 0 aromatic rings. The third kappa shape index (κ3) is 4.96. The smallest absolute Gasteiger partial charge is 0.238 e. The average Bonchev–Trinajstić information content (AvgIpc) is 2.57. The molecule has 4 rings (SSSR count). The highest BCUT2D eigenvalue weighted by atomic mass is 32.2. The van der Waals surface area contributed by atoms with Crippen LogP contribution in [0.15, 0.2) is 0 Å². The Morgan fingerprint density at radius 1 is 1.15 bits per heavy atom. The van der Waals surface area contributed by atoms with Crippen LogP contribution in [0.3, 0.4) is 0 Å². The van der Waals surface area contributed by atoms with Gasteiger partial charge < -0.3 is 5.32 Å². The molecule has 1 atom stereocenters. The molecule has 1 unspecified atom stereocenters. The molecular formula is C19H34N2O3S2. The Bertz CT molecular complexity index is 571. The van der Waals surface area contributed by atoms with E-state index in [4.69, 9.17) is 0 Å². The van der Waals surface area contributed by atoms with Crippen LogP contribution in [0.25, 0.3) is 0 Å². The Morgan fingerprint density at radius 2 is 1.73 bits per heavy atom. The summed E-state index contributed by atoms with van der Waals surface area (Å²) in [7, 11) is -3.38. The van der Waals surface area contributed by atoms with Gasteiger partial charge in [0.2, 0.25) is 15.9 Å². The Morgan fingerprint density at radius 3 is 2.23 bits per heavy atom. The number of hydrogen-bond donors (Lipinski definition) is 2. The number of amides is 1. The van der Waals surface area contributed by atoms with Crippen LogP contribution in [0.2, 0.25) is 0 Å². The van der Waals surface area contributed by atoms with Gasteiger partial charge in [0.05, 0.1) is 5.75 Å². The van der Waals surface area contributed by atoms with Gasteiger partial charge in [-0.3, -0.25) is 4.79 Å². The van der Waals surface area contributed by atoms with Crippen LogP contribution in [0, 0.1) is 23.2 Å². The number of hydrogen-bond acceptors (Lipinski definition) is 4. The maximum absolute atomic E-state index is 12.6. The van der Waals surface area contributed by atoms with E-state index >= 15 is 0 Å². The van der Waals surface area contributed by atoms with Gasteiger partial charge >= 0.3 is 0 Å². The van der Waals surface area contributed by atoms with Crippen molar-refractivity contribution >= 4 is 27.7 Å². The van der Waals surface area contributed by atoms with Crippen molar-refractivity contribution in [2.24, 2.45) is 23.2 Å². The highest BCUT2D eigenvalue weighted by Crippen LogP contribution is 2.61. The second-order valence-corrected chi connectivity index (χ2v) is 11.8. The number of rotatable bonds is 10. The molecule has 4 bridgehead atoms. The molecule has 0 aromatic heterocycles. The summed E-state index contributed by atoms with van der Waals surface area (Å²) in [5, 5.41) is 3.04. The van der Waals surface area contributed by atoms with Gasteiger partial charge in [-0.25, -0.2) is 13.1 Å². The minimum absolute atomic E-state index is 0.00330. The van der Waals surface area contributed by atoms with E-state index in [0.29, 0.717) is 18.4 Å². The average molecular weight is 403 g/mol. The summed E-state index contributed by atoms with van der Waals surface area (Å²) in [5.41, 5.74) is 0.444. The van der Waals surface area contributed by atoms with Crippen LogP contribution in [-0.4, -0.2) is 44.7 Å². The molecule has 1 amide bonds. The lowest BCUT2D eigenvalue weighted by atomic mass is 9.49. The third-order valence-corrected chi connectivity index (χ3v) is 8.80. The standard InChI is InChI=1S/C19H34N2O3S2/c1-3-26(23,24)21-17(4-7-25-2)18(22)20-6-5-19-11-14-8-15(12-19)10-16(9-14)13-19/h14-17,21H,3-13H2,1-2H3,(H,20,22). The van der Waals surface area contributed by atoms with E-state index < -0.39 is 16.1 Å². The molecule has 0 spiro atoms.